The molecule has 1 atom stereocenters. The average molecular weight is 258 g/mol. The van der Waals surface area contributed by atoms with Gasteiger partial charge in [-0.15, -0.1) is 0 Å². The predicted octanol–water partition coefficient (Wildman–Crippen LogP) is 2.52. The van der Waals surface area contributed by atoms with Gasteiger partial charge in [0.25, 0.3) is 0 Å². The van der Waals surface area contributed by atoms with E-state index in [4.69, 9.17) is 4.74 Å². The first-order valence-corrected chi connectivity index (χ1v) is 6.10. The van der Waals surface area contributed by atoms with E-state index < -0.39 is 0 Å². The third kappa shape index (κ3) is 2.05. The number of phenolic OH excluding ortho intramolecular Hbond substituents is 3. The van der Waals surface area contributed by atoms with Crippen molar-refractivity contribution in [2.45, 2.75) is 12.3 Å². The molecule has 1 aliphatic heterocycles. The second-order valence-electron chi connectivity index (χ2n) is 4.72. The zero-order valence-electron chi connectivity index (χ0n) is 10.2. The van der Waals surface area contributed by atoms with Gasteiger partial charge in [0.2, 0.25) is 0 Å². The molecule has 0 aromatic heterocycles. The summed E-state index contributed by atoms with van der Waals surface area (Å²) < 4.78 is 5.61. The minimum atomic E-state index is -0.117. The molecule has 1 unspecified atom stereocenters. The van der Waals surface area contributed by atoms with Crippen LogP contribution in [0.25, 0.3) is 0 Å². The maximum atomic E-state index is 9.90. The van der Waals surface area contributed by atoms with Crippen molar-refractivity contribution < 1.29 is 20.1 Å². The van der Waals surface area contributed by atoms with Crippen LogP contribution in [0.4, 0.5) is 0 Å². The van der Waals surface area contributed by atoms with E-state index in [2.05, 4.69) is 0 Å². The summed E-state index contributed by atoms with van der Waals surface area (Å²) in [6.07, 6.45) is 0.701. The number of rotatable bonds is 1. The zero-order chi connectivity index (χ0) is 13.4. The van der Waals surface area contributed by atoms with Gasteiger partial charge in [0.1, 0.15) is 11.5 Å². The van der Waals surface area contributed by atoms with Crippen molar-refractivity contribution in [3.05, 3.63) is 47.5 Å². The first kappa shape index (κ1) is 11.7. The first-order chi connectivity index (χ1) is 9.15. The fraction of sp³-hybridized carbons (Fsp3) is 0.200. The van der Waals surface area contributed by atoms with E-state index >= 15 is 0 Å². The van der Waals surface area contributed by atoms with E-state index in [9.17, 15) is 15.3 Å². The molecule has 0 radical (unpaired) electrons. The van der Waals surface area contributed by atoms with Crippen LogP contribution in [0, 0.1) is 0 Å². The summed E-state index contributed by atoms with van der Waals surface area (Å²) in [6, 6.07) is 9.97. The Balaban J connectivity index is 1.93. The Morgan fingerprint density at radius 1 is 1.05 bits per heavy atom. The summed E-state index contributed by atoms with van der Waals surface area (Å²) in [5, 5.41) is 28.8. The first-order valence-electron chi connectivity index (χ1n) is 6.10. The number of aromatic hydroxyl groups is 3. The number of hydrogen-bond donors (Lipinski definition) is 3. The molecule has 0 saturated carbocycles. The highest BCUT2D eigenvalue weighted by atomic mass is 16.5. The molecule has 4 heteroatoms. The summed E-state index contributed by atoms with van der Waals surface area (Å²) >= 11 is 0. The predicted molar refractivity (Wildman–Crippen MR) is 69.8 cm³/mol. The minimum Gasteiger partial charge on any atom is -0.508 e. The van der Waals surface area contributed by atoms with Crippen LogP contribution in [0.2, 0.25) is 0 Å². The normalized spacial score (nSPS) is 17.6. The maximum Gasteiger partial charge on any atom is 0.161 e. The highest BCUT2D eigenvalue weighted by Crippen LogP contribution is 2.39. The molecule has 2 aromatic rings. The van der Waals surface area contributed by atoms with Crippen LogP contribution >= 0.6 is 0 Å². The third-order valence-electron chi connectivity index (χ3n) is 3.44. The Kier molecular flexibility index (Phi) is 2.71. The molecule has 0 amide bonds. The van der Waals surface area contributed by atoms with Crippen LogP contribution in [0.1, 0.15) is 17.0 Å². The van der Waals surface area contributed by atoms with Crippen LogP contribution in [-0.4, -0.2) is 21.9 Å². The van der Waals surface area contributed by atoms with E-state index in [1.54, 1.807) is 24.3 Å². The van der Waals surface area contributed by atoms with Crippen LogP contribution in [-0.2, 0) is 6.42 Å². The average Bonchev–Trinajstić information content (AvgIpc) is 2.41. The van der Waals surface area contributed by atoms with Gasteiger partial charge in [-0.1, -0.05) is 18.2 Å². The van der Waals surface area contributed by atoms with Crippen molar-refractivity contribution in [1.29, 1.82) is 0 Å². The molecule has 0 aliphatic carbocycles. The second kappa shape index (κ2) is 4.39. The molecule has 98 valence electrons. The molecule has 0 spiro atoms. The number of fused-ring (bicyclic) bond motifs is 1. The Morgan fingerprint density at radius 3 is 2.74 bits per heavy atom. The van der Waals surface area contributed by atoms with Crippen molar-refractivity contribution in [3.63, 3.8) is 0 Å². The van der Waals surface area contributed by atoms with E-state index in [1.165, 1.54) is 6.07 Å². The highest BCUT2D eigenvalue weighted by molar-refractivity contribution is 5.49. The molecule has 2 aromatic carbocycles. The molecule has 3 rings (SSSR count). The number of ether oxygens (including phenoxy) is 1. The quantitative estimate of drug-likeness (QED) is 0.687. The largest absolute Gasteiger partial charge is 0.508 e. The van der Waals surface area contributed by atoms with Gasteiger partial charge in [-0.3, -0.25) is 0 Å². The zero-order valence-corrected chi connectivity index (χ0v) is 10.2. The van der Waals surface area contributed by atoms with E-state index in [0.717, 1.165) is 5.56 Å². The van der Waals surface area contributed by atoms with Gasteiger partial charge in [-0.2, -0.15) is 0 Å². The van der Waals surface area contributed by atoms with Crippen LogP contribution < -0.4 is 4.74 Å². The van der Waals surface area contributed by atoms with Crippen LogP contribution in [0.3, 0.4) is 0 Å². The smallest absolute Gasteiger partial charge is 0.161 e. The fourth-order valence-electron chi connectivity index (χ4n) is 2.44. The summed E-state index contributed by atoms with van der Waals surface area (Å²) in [5.41, 5.74) is 1.66. The van der Waals surface area contributed by atoms with Crippen molar-refractivity contribution in [2.75, 3.05) is 6.61 Å². The lowest BCUT2D eigenvalue weighted by Gasteiger charge is -2.26. The van der Waals surface area contributed by atoms with Gasteiger partial charge in [-0.05, 0) is 24.1 Å². The highest BCUT2D eigenvalue weighted by Gasteiger charge is 2.24. The van der Waals surface area contributed by atoms with Crippen LogP contribution in [0.15, 0.2) is 36.4 Å². The van der Waals surface area contributed by atoms with Gasteiger partial charge >= 0.3 is 0 Å². The van der Waals surface area contributed by atoms with E-state index in [-0.39, 0.29) is 23.2 Å². The van der Waals surface area contributed by atoms with Crippen molar-refractivity contribution in [2.24, 2.45) is 0 Å². The fourth-order valence-corrected chi connectivity index (χ4v) is 2.44. The molecule has 1 aliphatic rings. The molecule has 0 bridgehead atoms. The topological polar surface area (TPSA) is 69.9 Å². The van der Waals surface area contributed by atoms with Gasteiger partial charge in [-0.25, -0.2) is 0 Å². The Morgan fingerprint density at radius 2 is 1.89 bits per heavy atom. The summed E-state index contributed by atoms with van der Waals surface area (Å²) in [5.74, 6) is 0.643. The lowest BCUT2D eigenvalue weighted by molar-refractivity contribution is 0.257. The van der Waals surface area contributed by atoms with E-state index in [1.807, 2.05) is 6.07 Å². The molecule has 4 nitrogen and oxygen atoms in total. The number of para-hydroxylation sites is 1. The van der Waals surface area contributed by atoms with Crippen molar-refractivity contribution in [3.8, 4) is 23.0 Å². The SMILES string of the molecule is Oc1ccc2c(c1)OCC(c1cccc(O)c1O)C2. The molecular formula is C15H14O4. The standard InChI is InChI=1S/C15H14O4/c16-11-5-4-9-6-10(8-19-14(9)7-11)12-2-1-3-13(17)15(12)18/h1-5,7,10,16-18H,6,8H2. The molecule has 19 heavy (non-hydrogen) atoms. The van der Waals surface area contributed by atoms with Crippen LogP contribution in [0.5, 0.6) is 23.0 Å². The van der Waals surface area contributed by atoms with E-state index in [0.29, 0.717) is 24.3 Å². The monoisotopic (exact) mass is 258 g/mol. The van der Waals surface area contributed by atoms with Gasteiger partial charge in [0.05, 0.1) is 6.61 Å². The summed E-state index contributed by atoms with van der Waals surface area (Å²) in [4.78, 5) is 0. The Labute approximate surface area is 110 Å². The van der Waals surface area contributed by atoms with Gasteiger partial charge in [0, 0.05) is 17.5 Å². The molecule has 1 heterocycles. The third-order valence-corrected chi connectivity index (χ3v) is 3.44. The molecule has 3 N–H and O–H groups in total. The summed E-state index contributed by atoms with van der Waals surface area (Å²) in [6.45, 7) is 0.410. The molecule has 0 saturated heterocycles. The molecule has 0 fully saturated rings. The van der Waals surface area contributed by atoms with Crippen molar-refractivity contribution >= 4 is 0 Å². The minimum absolute atomic E-state index is 0.0101. The number of hydrogen-bond acceptors (Lipinski definition) is 4. The lowest BCUT2D eigenvalue weighted by Crippen LogP contribution is -2.19. The Hall–Kier alpha value is -2.36. The van der Waals surface area contributed by atoms with Crippen molar-refractivity contribution in [1.82, 2.24) is 0 Å². The van der Waals surface area contributed by atoms with Gasteiger partial charge in [0.15, 0.2) is 11.5 Å². The number of benzene rings is 2. The summed E-state index contributed by atoms with van der Waals surface area (Å²) in [7, 11) is 0. The maximum absolute atomic E-state index is 9.90. The Bertz CT molecular complexity index is 622. The second-order valence-corrected chi connectivity index (χ2v) is 4.72. The molecular weight excluding hydrogens is 244 g/mol. The van der Waals surface area contributed by atoms with Gasteiger partial charge < -0.3 is 20.1 Å². The lowest BCUT2D eigenvalue weighted by atomic mass is 9.89. The number of phenols is 3.